The van der Waals surface area contributed by atoms with Gasteiger partial charge in [0.25, 0.3) is 0 Å². The Balaban J connectivity index is 2.40. The van der Waals surface area contributed by atoms with Crippen LogP contribution in [0.5, 0.6) is 0 Å². The summed E-state index contributed by atoms with van der Waals surface area (Å²) in [6.45, 7) is 9.64. The molecule has 0 fully saturated rings. The summed E-state index contributed by atoms with van der Waals surface area (Å²) in [7, 11) is 0. The van der Waals surface area contributed by atoms with Crippen molar-refractivity contribution in [3.8, 4) is 0 Å². The third kappa shape index (κ3) is 6.03. The molecule has 2 N–H and O–H groups in total. The van der Waals surface area contributed by atoms with Crippen molar-refractivity contribution in [2.24, 2.45) is 0 Å². The molecule has 4 nitrogen and oxygen atoms in total. The summed E-state index contributed by atoms with van der Waals surface area (Å²) in [4.78, 5) is 12.6. The third-order valence-corrected chi connectivity index (χ3v) is 3.86. The van der Waals surface area contributed by atoms with E-state index in [1.54, 1.807) is 6.92 Å². The van der Waals surface area contributed by atoms with E-state index in [2.05, 4.69) is 5.32 Å². The molecule has 0 radical (unpaired) electrons. The van der Waals surface area contributed by atoms with Gasteiger partial charge < -0.3 is 15.2 Å². The SMILES string of the molecule is CC(CC(=O)OC(C)(C)C)NCC(C)(O)c1cccs1. The van der Waals surface area contributed by atoms with Gasteiger partial charge in [-0.25, -0.2) is 0 Å². The van der Waals surface area contributed by atoms with Gasteiger partial charge in [0.15, 0.2) is 0 Å². The van der Waals surface area contributed by atoms with Crippen LogP contribution in [-0.2, 0) is 15.1 Å². The molecule has 0 spiro atoms. The smallest absolute Gasteiger partial charge is 0.307 e. The molecule has 2 unspecified atom stereocenters. The van der Waals surface area contributed by atoms with Crippen LogP contribution in [0, 0.1) is 0 Å². The van der Waals surface area contributed by atoms with Gasteiger partial charge in [-0.15, -0.1) is 11.3 Å². The van der Waals surface area contributed by atoms with Crippen LogP contribution in [0.15, 0.2) is 17.5 Å². The molecule has 20 heavy (non-hydrogen) atoms. The first-order valence-corrected chi connectivity index (χ1v) is 7.70. The van der Waals surface area contributed by atoms with E-state index in [0.29, 0.717) is 6.54 Å². The molecule has 0 saturated heterocycles. The number of hydrogen-bond acceptors (Lipinski definition) is 5. The normalized spacial score (nSPS) is 16.5. The average molecular weight is 299 g/mol. The molecule has 0 aliphatic carbocycles. The lowest BCUT2D eigenvalue weighted by atomic mass is 10.0. The number of thiophene rings is 1. The van der Waals surface area contributed by atoms with Crippen molar-refractivity contribution in [1.29, 1.82) is 0 Å². The zero-order valence-electron chi connectivity index (χ0n) is 12.9. The van der Waals surface area contributed by atoms with Crippen molar-refractivity contribution in [3.05, 3.63) is 22.4 Å². The molecule has 0 aliphatic rings. The van der Waals surface area contributed by atoms with Crippen molar-refractivity contribution < 1.29 is 14.6 Å². The van der Waals surface area contributed by atoms with Crippen LogP contribution in [0.3, 0.4) is 0 Å². The Labute approximate surface area is 125 Å². The predicted octanol–water partition coefficient (Wildman–Crippen LogP) is 2.67. The van der Waals surface area contributed by atoms with Gasteiger partial charge in [-0.3, -0.25) is 4.79 Å². The summed E-state index contributed by atoms with van der Waals surface area (Å²) in [6, 6.07) is 3.78. The summed E-state index contributed by atoms with van der Waals surface area (Å²) < 4.78 is 5.27. The molecule has 0 aromatic carbocycles. The summed E-state index contributed by atoms with van der Waals surface area (Å²) in [5.41, 5.74) is -1.38. The lowest BCUT2D eigenvalue weighted by molar-refractivity contribution is -0.155. The molecule has 1 aromatic heterocycles. The van der Waals surface area contributed by atoms with Gasteiger partial charge in [-0.05, 0) is 46.1 Å². The second-order valence-electron chi connectivity index (χ2n) is 6.32. The van der Waals surface area contributed by atoms with Crippen LogP contribution in [0.1, 0.15) is 45.9 Å². The predicted molar refractivity (Wildman–Crippen MR) is 81.8 cm³/mol. The molecule has 114 valence electrons. The van der Waals surface area contributed by atoms with Gasteiger partial charge in [0, 0.05) is 17.5 Å². The number of esters is 1. The average Bonchev–Trinajstić information content (AvgIpc) is 2.77. The van der Waals surface area contributed by atoms with Crippen LogP contribution in [0.25, 0.3) is 0 Å². The molecule has 1 aromatic rings. The minimum Gasteiger partial charge on any atom is -0.460 e. The molecule has 1 heterocycles. The highest BCUT2D eigenvalue weighted by Crippen LogP contribution is 2.24. The highest BCUT2D eigenvalue weighted by Gasteiger charge is 2.25. The Morgan fingerprint density at radius 2 is 2.10 bits per heavy atom. The van der Waals surface area contributed by atoms with Crippen LogP contribution in [0.2, 0.25) is 0 Å². The van der Waals surface area contributed by atoms with Crippen molar-refractivity contribution >= 4 is 17.3 Å². The molecule has 0 bridgehead atoms. The first-order chi connectivity index (χ1) is 9.10. The van der Waals surface area contributed by atoms with Crippen LogP contribution < -0.4 is 5.32 Å². The topological polar surface area (TPSA) is 58.6 Å². The van der Waals surface area contributed by atoms with Gasteiger partial charge in [-0.2, -0.15) is 0 Å². The molecule has 0 amide bonds. The maximum Gasteiger partial charge on any atom is 0.307 e. The van der Waals surface area contributed by atoms with E-state index in [1.165, 1.54) is 11.3 Å². The number of ether oxygens (including phenoxy) is 1. The number of carbonyl (C=O) groups excluding carboxylic acids is 1. The number of aliphatic hydroxyl groups is 1. The van der Waals surface area contributed by atoms with E-state index in [1.807, 2.05) is 45.2 Å². The second-order valence-corrected chi connectivity index (χ2v) is 7.27. The Morgan fingerprint density at radius 3 is 2.60 bits per heavy atom. The van der Waals surface area contributed by atoms with Crippen molar-refractivity contribution in [2.75, 3.05) is 6.54 Å². The Kier molecular flexibility index (Phi) is 5.74. The molecule has 0 saturated carbocycles. The number of hydrogen-bond donors (Lipinski definition) is 2. The highest BCUT2D eigenvalue weighted by atomic mass is 32.1. The highest BCUT2D eigenvalue weighted by molar-refractivity contribution is 7.10. The van der Waals surface area contributed by atoms with Gasteiger partial charge in [-0.1, -0.05) is 6.07 Å². The van der Waals surface area contributed by atoms with Gasteiger partial charge >= 0.3 is 5.97 Å². The van der Waals surface area contributed by atoms with E-state index < -0.39 is 11.2 Å². The van der Waals surface area contributed by atoms with Crippen LogP contribution in [-0.4, -0.2) is 29.3 Å². The monoisotopic (exact) mass is 299 g/mol. The third-order valence-electron chi connectivity index (χ3n) is 2.74. The fourth-order valence-electron chi connectivity index (χ4n) is 1.75. The van der Waals surface area contributed by atoms with Gasteiger partial charge in [0.1, 0.15) is 11.2 Å². The number of nitrogens with one attached hydrogen (secondary N) is 1. The van der Waals surface area contributed by atoms with Crippen LogP contribution in [0.4, 0.5) is 0 Å². The molecular formula is C15H25NO3S. The molecule has 1 rings (SSSR count). The molecule has 0 aliphatic heterocycles. The minimum atomic E-state index is -0.920. The zero-order valence-corrected chi connectivity index (χ0v) is 13.7. The van der Waals surface area contributed by atoms with E-state index >= 15 is 0 Å². The maximum atomic E-state index is 11.7. The quantitative estimate of drug-likeness (QED) is 0.793. The first-order valence-electron chi connectivity index (χ1n) is 6.82. The second kappa shape index (κ2) is 6.70. The lowest BCUT2D eigenvalue weighted by Gasteiger charge is -2.25. The number of rotatable bonds is 6. The molecular weight excluding hydrogens is 274 g/mol. The van der Waals surface area contributed by atoms with E-state index in [4.69, 9.17) is 4.74 Å². The number of carbonyl (C=O) groups is 1. The lowest BCUT2D eigenvalue weighted by Crippen LogP contribution is -2.40. The van der Waals surface area contributed by atoms with E-state index in [9.17, 15) is 9.90 Å². The van der Waals surface area contributed by atoms with Crippen molar-refractivity contribution in [3.63, 3.8) is 0 Å². The minimum absolute atomic E-state index is 0.0451. The molecule has 2 atom stereocenters. The van der Waals surface area contributed by atoms with Crippen LogP contribution >= 0.6 is 11.3 Å². The largest absolute Gasteiger partial charge is 0.460 e. The zero-order chi connectivity index (χ0) is 15.4. The summed E-state index contributed by atoms with van der Waals surface area (Å²) in [6.07, 6.45) is 0.289. The Bertz CT molecular complexity index is 421. The van der Waals surface area contributed by atoms with Crippen molar-refractivity contribution in [1.82, 2.24) is 5.32 Å². The molecule has 5 heteroatoms. The van der Waals surface area contributed by atoms with Gasteiger partial charge in [0.2, 0.25) is 0 Å². The Morgan fingerprint density at radius 1 is 1.45 bits per heavy atom. The maximum absolute atomic E-state index is 11.7. The van der Waals surface area contributed by atoms with E-state index in [-0.39, 0.29) is 18.4 Å². The standard InChI is InChI=1S/C15H25NO3S/c1-11(9-13(17)19-14(2,3)4)16-10-15(5,18)12-7-6-8-20-12/h6-8,11,16,18H,9-10H2,1-5H3. The fourth-order valence-corrected chi connectivity index (χ4v) is 2.54. The van der Waals surface area contributed by atoms with Crippen molar-refractivity contribution in [2.45, 2.75) is 58.3 Å². The summed E-state index contributed by atoms with van der Waals surface area (Å²) in [5, 5.41) is 15.5. The Hall–Kier alpha value is -0.910. The van der Waals surface area contributed by atoms with E-state index in [0.717, 1.165) is 4.88 Å². The first kappa shape index (κ1) is 17.1. The summed E-state index contributed by atoms with van der Waals surface area (Å²) in [5.74, 6) is -0.228. The summed E-state index contributed by atoms with van der Waals surface area (Å²) >= 11 is 1.52. The van der Waals surface area contributed by atoms with Gasteiger partial charge in [0.05, 0.1) is 6.42 Å². The fraction of sp³-hybridized carbons (Fsp3) is 0.667.